The van der Waals surface area contributed by atoms with Crippen molar-refractivity contribution in [2.45, 2.75) is 30.4 Å². The first-order chi connectivity index (χ1) is 8.85. The smallest absolute Gasteiger partial charge is 0.234 e. The molecular weight excluding hydrogens is 292 g/mol. The summed E-state index contributed by atoms with van der Waals surface area (Å²) >= 11 is 5.93. The molecule has 2 aliphatic heterocycles. The Labute approximate surface area is 118 Å². The zero-order chi connectivity index (χ0) is 14.0. The van der Waals surface area contributed by atoms with E-state index in [2.05, 4.69) is 5.32 Å². The first kappa shape index (κ1) is 15.0. The van der Waals surface area contributed by atoms with Crippen molar-refractivity contribution in [3.05, 3.63) is 0 Å². The first-order valence-electron chi connectivity index (χ1n) is 6.40. The fourth-order valence-electron chi connectivity index (χ4n) is 2.57. The van der Waals surface area contributed by atoms with Crippen LogP contribution < -0.4 is 5.32 Å². The molecule has 1 amide bonds. The van der Waals surface area contributed by atoms with Gasteiger partial charge in [0.25, 0.3) is 0 Å². The number of nitrogens with one attached hydrogen (secondary N) is 1. The average Bonchev–Trinajstić information content (AvgIpc) is 2.51. The fourth-order valence-corrected chi connectivity index (χ4v) is 5.12. The lowest BCUT2D eigenvalue weighted by molar-refractivity contribution is -0.123. The summed E-state index contributed by atoms with van der Waals surface area (Å²) in [5.74, 6) is -0.404. The lowest BCUT2D eigenvalue weighted by Crippen LogP contribution is -2.48. The van der Waals surface area contributed by atoms with Crippen LogP contribution in [0.1, 0.15) is 12.8 Å². The molecule has 0 spiro atoms. The van der Waals surface area contributed by atoms with Gasteiger partial charge in [0.2, 0.25) is 5.91 Å². The molecule has 19 heavy (non-hydrogen) atoms. The number of amides is 1. The summed E-state index contributed by atoms with van der Waals surface area (Å²) < 4.78 is 22.8. The molecule has 6 nitrogen and oxygen atoms in total. The molecule has 110 valence electrons. The molecule has 0 aromatic carbocycles. The van der Waals surface area contributed by atoms with Gasteiger partial charge in [-0.2, -0.15) is 0 Å². The van der Waals surface area contributed by atoms with Gasteiger partial charge in [-0.05, 0) is 19.4 Å². The van der Waals surface area contributed by atoms with Gasteiger partial charge >= 0.3 is 0 Å². The summed E-state index contributed by atoms with van der Waals surface area (Å²) in [5.41, 5.74) is 0. The number of β-amino-alcohol motifs (C(OH)–C–C–N with tert-alkyl or cyclic N) is 1. The average molecular weight is 311 g/mol. The topological polar surface area (TPSA) is 86.7 Å². The number of likely N-dealkylation sites (tertiary alicyclic amines) is 1. The number of alkyl halides is 1. The largest absolute Gasteiger partial charge is 0.392 e. The van der Waals surface area contributed by atoms with E-state index < -0.39 is 21.3 Å². The van der Waals surface area contributed by atoms with E-state index in [4.69, 9.17) is 11.6 Å². The van der Waals surface area contributed by atoms with E-state index >= 15 is 0 Å². The molecule has 3 atom stereocenters. The lowest BCUT2D eigenvalue weighted by atomic mass is 10.1. The molecule has 0 radical (unpaired) electrons. The van der Waals surface area contributed by atoms with Gasteiger partial charge < -0.3 is 10.4 Å². The Kier molecular flexibility index (Phi) is 4.70. The van der Waals surface area contributed by atoms with Crippen LogP contribution in [-0.4, -0.2) is 73.0 Å². The summed E-state index contributed by atoms with van der Waals surface area (Å²) in [4.78, 5) is 13.7. The fraction of sp³-hybridized carbons (Fsp3) is 0.909. The monoisotopic (exact) mass is 310 g/mol. The first-order valence-corrected chi connectivity index (χ1v) is 8.66. The van der Waals surface area contributed by atoms with E-state index in [1.807, 2.05) is 4.90 Å². The third-order valence-electron chi connectivity index (χ3n) is 3.48. The van der Waals surface area contributed by atoms with Gasteiger partial charge in [-0.1, -0.05) is 0 Å². The number of sulfone groups is 1. The van der Waals surface area contributed by atoms with Crippen LogP contribution in [0.15, 0.2) is 0 Å². The molecule has 2 rings (SSSR count). The number of hydrogen-bond donors (Lipinski definition) is 2. The number of aliphatic hydroxyl groups excluding tert-OH is 1. The third-order valence-corrected chi connectivity index (χ3v) is 5.85. The van der Waals surface area contributed by atoms with Crippen molar-refractivity contribution >= 4 is 27.3 Å². The predicted octanol–water partition coefficient (Wildman–Crippen LogP) is -1.04. The summed E-state index contributed by atoms with van der Waals surface area (Å²) in [6.45, 7) is 1.44. The van der Waals surface area contributed by atoms with Crippen LogP contribution in [0, 0.1) is 0 Å². The number of nitrogens with zero attached hydrogens (tertiary/aromatic N) is 1. The number of halogens is 1. The van der Waals surface area contributed by atoms with Crippen molar-refractivity contribution in [1.29, 1.82) is 0 Å². The zero-order valence-corrected chi connectivity index (χ0v) is 12.2. The Morgan fingerprint density at radius 1 is 1.42 bits per heavy atom. The van der Waals surface area contributed by atoms with Crippen LogP contribution in [-0.2, 0) is 14.6 Å². The van der Waals surface area contributed by atoms with E-state index in [-0.39, 0.29) is 30.1 Å². The predicted molar refractivity (Wildman–Crippen MR) is 71.9 cm³/mol. The van der Waals surface area contributed by atoms with Crippen LogP contribution in [0.5, 0.6) is 0 Å². The second kappa shape index (κ2) is 5.95. The van der Waals surface area contributed by atoms with Crippen LogP contribution in [0.25, 0.3) is 0 Å². The SMILES string of the molecule is O=C(CN1CCC[C@H](O)C1)NC1CS(=O)(=O)CC1Cl. The van der Waals surface area contributed by atoms with Crippen LogP contribution in [0.4, 0.5) is 0 Å². The molecule has 8 heteroatoms. The molecule has 0 bridgehead atoms. The Morgan fingerprint density at radius 3 is 2.74 bits per heavy atom. The standard InChI is InChI=1S/C11H19ClN2O4S/c12-9-6-19(17,18)7-10(9)13-11(16)5-14-3-1-2-8(15)4-14/h8-10,15H,1-7H2,(H,13,16)/t8-,9?,10?/m0/s1. The Morgan fingerprint density at radius 2 is 2.16 bits per heavy atom. The summed E-state index contributed by atoms with van der Waals surface area (Å²) in [6.07, 6.45) is 1.25. The molecular formula is C11H19ClN2O4S. The highest BCUT2D eigenvalue weighted by atomic mass is 35.5. The number of piperidine rings is 1. The van der Waals surface area contributed by atoms with Crippen molar-refractivity contribution in [3.63, 3.8) is 0 Å². The number of aliphatic hydroxyl groups is 1. The number of carbonyl (C=O) groups excluding carboxylic acids is 1. The molecule has 0 aromatic heterocycles. The molecule has 2 saturated heterocycles. The van der Waals surface area contributed by atoms with E-state index in [1.54, 1.807) is 0 Å². The summed E-state index contributed by atoms with van der Waals surface area (Å²) in [7, 11) is -3.13. The Balaban J connectivity index is 1.81. The Hall–Kier alpha value is -0.370. The van der Waals surface area contributed by atoms with E-state index in [0.29, 0.717) is 6.54 Å². The molecule has 0 aliphatic carbocycles. The molecule has 2 unspecified atom stereocenters. The van der Waals surface area contributed by atoms with E-state index in [1.165, 1.54) is 0 Å². The molecule has 2 heterocycles. The molecule has 0 saturated carbocycles. The van der Waals surface area contributed by atoms with Crippen molar-refractivity contribution < 1.29 is 18.3 Å². The second-order valence-corrected chi connectivity index (χ2v) is 8.01. The van der Waals surface area contributed by atoms with Crippen molar-refractivity contribution in [1.82, 2.24) is 10.2 Å². The van der Waals surface area contributed by atoms with Gasteiger partial charge in [0.05, 0.1) is 35.6 Å². The van der Waals surface area contributed by atoms with Gasteiger partial charge in [-0.15, -0.1) is 11.6 Å². The quantitative estimate of drug-likeness (QED) is 0.651. The normalized spacial score (nSPS) is 35.2. The minimum absolute atomic E-state index is 0.0814. The maximum Gasteiger partial charge on any atom is 0.234 e. The minimum atomic E-state index is -3.13. The molecule has 2 N–H and O–H groups in total. The van der Waals surface area contributed by atoms with Gasteiger partial charge in [-0.3, -0.25) is 9.69 Å². The number of carbonyl (C=O) groups is 1. The number of rotatable bonds is 3. The van der Waals surface area contributed by atoms with Gasteiger partial charge in [0.1, 0.15) is 0 Å². The minimum Gasteiger partial charge on any atom is -0.392 e. The second-order valence-electron chi connectivity index (χ2n) is 5.30. The van der Waals surface area contributed by atoms with E-state index in [0.717, 1.165) is 19.4 Å². The van der Waals surface area contributed by atoms with Crippen molar-refractivity contribution in [3.8, 4) is 0 Å². The highest BCUT2D eigenvalue weighted by Gasteiger charge is 2.37. The van der Waals surface area contributed by atoms with Crippen LogP contribution in [0.2, 0.25) is 0 Å². The lowest BCUT2D eigenvalue weighted by Gasteiger charge is -2.29. The zero-order valence-electron chi connectivity index (χ0n) is 10.6. The Bertz CT molecular complexity index is 442. The van der Waals surface area contributed by atoms with Gasteiger partial charge in [-0.25, -0.2) is 8.42 Å². The van der Waals surface area contributed by atoms with Gasteiger partial charge in [0, 0.05) is 6.54 Å². The van der Waals surface area contributed by atoms with Crippen LogP contribution >= 0.6 is 11.6 Å². The molecule has 2 aliphatic rings. The number of hydrogen-bond acceptors (Lipinski definition) is 5. The summed E-state index contributed by atoms with van der Waals surface area (Å²) in [6, 6.07) is -0.506. The van der Waals surface area contributed by atoms with Gasteiger partial charge in [0.15, 0.2) is 9.84 Å². The van der Waals surface area contributed by atoms with E-state index in [9.17, 15) is 18.3 Å². The highest BCUT2D eigenvalue weighted by Crippen LogP contribution is 2.18. The summed E-state index contributed by atoms with van der Waals surface area (Å²) in [5, 5.41) is 11.6. The molecule has 2 fully saturated rings. The van der Waals surface area contributed by atoms with Crippen molar-refractivity contribution in [2.24, 2.45) is 0 Å². The third kappa shape index (κ3) is 4.30. The maximum atomic E-state index is 11.8. The highest BCUT2D eigenvalue weighted by molar-refractivity contribution is 7.91. The molecule has 0 aromatic rings. The van der Waals surface area contributed by atoms with Crippen molar-refractivity contribution in [2.75, 3.05) is 31.1 Å². The maximum absolute atomic E-state index is 11.8. The van der Waals surface area contributed by atoms with Crippen LogP contribution in [0.3, 0.4) is 0 Å².